The number of aromatic nitrogens is 1. The molecule has 48 valence electrons. The lowest BCUT2D eigenvalue weighted by atomic mass is 10.5. The SMILES string of the molecule is Oc1nccc(I)c1I. The maximum atomic E-state index is 8.98. The van der Waals surface area contributed by atoms with Crippen LogP contribution < -0.4 is 0 Å². The van der Waals surface area contributed by atoms with Crippen molar-refractivity contribution in [2.45, 2.75) is 0 Å². The molecule has 0 saturated carbocycles. The van der Waals surface area contributed by atoms with E-state index in [4.69, 9.17) is 5.11 Å². The van der Waals surface area contributed by atoms with Crippen LogP contribution in [0.3, 0.4) is 0 Å². The van der Waals surface area contributed by atoms with Gasteiger partial charge in [0, 0.05) is 9.77 Å². The summed E-state index contributed by atoms with van der Waals surface area (Å²) < 4.78 is 1.84. The van der Waals surface area contributed by atoms with Crippen LogP contribution in [0, 0.1) is 7.14 Å². The largest absolute Gasteiger partial charge is 0.492 e. The van der Waals surface area contributed by atoms with Crippen molar-refractivity contribution in [3.63, 3.8) is 0 Å². The average molecular weight is 347 g/mol. The van der Waals surface area contributed by atoms with E-state index in [1.165, 1.54) is 0 Å². The summed E-state index contributed by atoms with van der Waals surface area (Å²) >= 11 is 4.19. The average Bonchev–Trinajstić information content (AvgIpc) is 1.83. The standard InChI is InChI=1S/C5H3I2NO/c6-3-1-2-8-5(9)4(3)7/h1-2H,(H,8,9). The van der Waals surface area contributed by atoms with Gasteiger partial charge in [-0.15, -0.1) is 0 Å². The molecule has 0 bridgehead atoms. The number of nitrogens with zero attached hydrogens (tertiary/aromatic N) is 1. The molecule has 1 N–H and O–H groups in total. The lowest BCUT2D eigenvalue weighted by Crippen LogP contribution is -1.81. The van der Waals surface area contributed by atoms with E-state index in [-0.39, 0.29) is 5.88 Å². The van der Waals surface area contributed by atoms with Gasteiger partial charge in [-0.3, -0.25) is 0 Å². The smallest absolute Gasteiger partial charge is 0.225 e. The summed E-state index contributed by atoms with van der Waals surface area (Å²) in [6.07, 6.45) is 1.58. The molecule has 0 aliphatic rings. The molecule has 1 rings (SSSR count). The highest BCUT2D eigenvalue weighted by molar-refractivity contribution is 14.1. The van der Waals surface area contributed by atoms with Crippen molar-refractivity contribution in [2.75, 3.05) is 0 Å². The van der Waals surface area contributed by atoms with Crippen LogP contribution in [0.15, 0.2) is 12.3 Å². The zero-order valence-electron chi connectivity index (χ0n) is 4.31. The van der Waals surface area contributed by atoms with E-state index < -0.39 is 0 Å². The van der Waals surface area contributed by atoms with Crippen molar-refractivity contribution in [3.8, 4) is 5.88 Å². The first kappa shape index (κ1) is 7.52. The Morgan fingerprint density at radius 1 is 1.44 bits per heavy atom. The molecule has 1 aromatic rings. The Kier molecular flexibility index (Phi) is 2.50. The summed E-state index contributed by atoms with van der Waals surface area (Å²) in [6.45, 7) is 0. The van der Waals surface area contributed by atoms with E-state index in [1.807, 2.05) is 28.7 Å². The van der Waals surface area contributed by atoms with Crippen molar-refractivity contribution in [2.24, 2.45) is 0 Å². The molecule has 0 unspecified atom stereocenters. The number of aromatic hydroxyl groups is 1. The van der Waals surface area contributed by atoms with E-state index in [0.717, 1.165) is 7.14 Å². The number of rotatable bonds is 0. The minimum absolute atomic E-state index is 0.113. The predicted molar refractivity (Wildman–Crippen MR) is 51.3 cm³/mol. The topological polar surface area (TPSA) is 33.1 Å². The quantitative estimate of drug-likeness (QED) is 0.729. The van der Waals surface area contributed by atoms with Gasteiger partial charge < -0.3 is 5.11 Å². The Bertz CT molecular complexity index is 206. The third kappa shape index (κ3) is 1.66. The van der Waals surface area contributed by atoms with Crippen LogP contribution in [0.25, 0.3) is 0 Å². The van der Waals surface area contributed by atoms with Crippen LogP contribution in [-0.4, -0.2) is 10.1 Å². The summed E-state index contributed by atoms with van der Waals surface area (Å²) in [4.78, 5) is 3.68. The van der Waals surface area contributed by atoms with Gasteiger partial charge in [0.25, 0.3) is 0 Å². The minimum Gasteiger partial charge on any atom is -0.492 e. The summed E-state index contributed by atoms with van der Waals surface area (Å²) in [5.41, 5.74) is 0. The molecule has 0 amide bonds. The van der Waals surface area contributed by atoms with Crippen LogP contribution in [0.2, 0.25) is 0 Å². The zero-order chi connectivity index (χ0) is 6.85. The van der Waals surface area contributed by atoms with Gasteiger partial charge in [0.2, 0.25) is 5.88 Å². The number of halogens is 2. The maximum absolute atomic E-state index is 8.98. The maximum Gasteiger partial charge on any atom is 0.225 e. The number of hydrogen-bond acceptors (Lipinski definition) is 2. The molecule has 1 aromatic heterocycles. The van der Waals surface area contributed by atoms with Crippen LogP contribution in [0.1, 0.15) is 0 Å². The molecule has 0 aliphatic heterocycles. The molecule has 0 saturated heterocycles. The molecule has 2 nitrogen and oxygen atoms in total. The van der Waals surface area contributed by atoms with E-state index in [9.17, 15) is 0 Å². The molecule has 0 aliphatic carbocycles. The predicted octanol–water partition coefficient (Wildman–Crippen LogP) is 2.00. The third-order valence-electron chi connectivity index (χ3n) is 0.824. The van der Waals surface area contributed by atoms with Gasteiger partial charge in [-0.2, -0.15) is 0 Å². The first-order valence-electron chi connectivity index (χ1n) is 2.21. The fourth-order valence-corrected chi connectivity index (χ4v) is 1.13. The molecule has 0 atom stereocenters. The van der Waals surface area contributed by atoms with Crippen molar-refractivity contribution in [3.05, 3.63) is 19.4 Å². The molecule has 9 heavy (non-hydrogen) atoms. The molecule has 1 heterocycles. The molecular formula is C5H3I2NO. The minimum atomic E-state index is 0.113. The van der Waals surface area contributed by atoms with Gasteiger partial charge in [-0.25, -0.2) is 4.98 Å². The Morgan fingerprint density at radius 2 is 2.11 bits per heavy atom. The Labute approximate surface area is 80.0 Å². The van der Waals surface area contributed by atoms with Gasteiger partial charge in [0.15, 0.2) is 0 Å². The highest BCUT2D eigenvalue weighted by Crippen LogP contribution is 2.20. The summed E-state index contributed by atoms with van der Waals surface area (Å²) in [7, 11) is 0. The Hall–Kier alpha value is 0.410. The molecular weight excluding hydrogens is 344 g/mol. The lowest BCUT2D eigenvalue weighted by molar-refractivity contribution is 0.449. The summed E-state index contributed by atoms with van der Waals surface area (Å²) in [6, 6.07) is 1.85. The van der Waals surface area contributed by atoms with Crippen molar-refractivity contribution < 1.29 is 5.11 Å². The first-order valence-corrected chi connectivity index (χ1v) is 4.36. The van der Waals surface area contributed by atoms with Crippen molar-refractivity contribution >= 4 is 45.2 Å². The Morgan fingerprint density at radius 3 is 2.56 bits per heavy atom. The van der Waals surface area contributed by atoms with Gasteiger partial charge in [0.05, 0.1) is 3.57 Å². The third-order valence-corrected chi connectivity index (χ3v) is 3.82. The van der Waals surface area contributed by atoms with Crippen LogP contribution in [0.5, 0.6) is 5.88 Å². The van der Waals surface area contributed by atoms with E-state index in [2.05, 4.69) is 27.6 Å². The molecule has 0 spiro atoms. The highest BCUT2D eigenvalue weighted by Gasteiger charge is 1.99. The van der Waals surface area contributed by atoms with Gasteiger partial charge in [0.1, 0.15) is 0 Å². The van der Waals surface area contributed by atoms with E-state index in [1.54, 1.807) is 6.20 Å². The monoisotopic (exact) mass is 347 g/mol. The fraction of sp³-hybridized carbons (Fsp3) is 0. The first-order chi connectivity index (χ1) is 4.22. The van der Waals surface area contributed by atoms with Gasteiger partial charge in [-0.1, -0.05) is 0 Å². The van der Waals surface area contributed by atoms with E-state index in [0.29, 0.717) is 0 Å². The van der Waals surface area contributed by atoms with Crippen molar-refractivity contribution in [1.29, 1.82) is 0 Å². The highest BCUT2D eigenvalue weighted by atomic mass is 127. The van der Waals surface area contributed by atoms with Crippen LogP contribution >= 0.6 is 45.2 Å². The number of hydrogen-bond donors (Lipinski definition) is 1. The molecule has 4 heteroatoms. The normalized spacial score (nSPS) is 9.56. The van der Waals surface area contributed by atoms with Crippen LogP contribution in [0.4, 0.5) is 0 Å². The zero-order valence-corrected chi connectivity index (χ0v) is 8.62. The van der Waals surface area contributed by atoms with Gasteiger partial charge >= 0.3 is 0 Å². The second-order valence-electron chi connectivity index (χ2n) is 1.43. The second kappa shape index (κ2) is 3.00. The lowest BCUT2D eigenvalue weighted by Gasteiger charge is -1.94. The number of pyridine rings is 1. The fourth-order valence-electron chi connectivity index (χ4n) is 0.410. The van der Waals surface area contributed by atoms with E-state index >= 15 is 0 Å². The summed E-state index contributed by atoms with van der Waals surface area (Å²) in [5, 5.41) is 8.98. The van der Waals surface area contributed by atoms with Crippen LogP contribution in [-0.2, 0) is 0 Å². The van der Waals surface area contributed by atoms with Gasteiger partial charge in [-0.05, 0) is 51.2 Å². The molecule has 0 aromatic carbocycles. The summed E-state index contributed by atoms with van der Waals surface area (Å²) in [5.74, 6) is 0.113. The van der Waals surface area contributed by atoms with Crippen molar-refractivity contribution in [1.82, 2.24) is 4.98 Å². The molecule has 0 fully saturated rings. The second-order valence-corrected chi connectivity index (χ2v) is 3.67. The Balaban J connectivity index is 3.25. The molecule has 0 radical (unpaired) electrons.